The number of esters is 1. The van der Waals surface area contributed by atoms with Gasteiger partial charge in [0.05, 0.1) is 12.6 Å². The summed E-state index contributed by atoms with van der Waals surface area (Å²) >= 11 is 0. The van der Waals surface area contributed by atoms with Gasteiger partial charge in [0.2, 0.25) is 0 Å². The maximum atomic E-state index is 11.4. The molecule has 6 heteroatoms. The zero-order valence-corrected chi connectivity index (χ0v) is 12.7. The summed E-state index contributed by atoms with van der Waals surface area (Å²) in [6, 6.07) is -0.263. The van der Waals surface area contributed by atoms with E-state index in [4.69, 9.17) is 9.47 Å². The Labute approximate surface area is 120 Å². The second-order valence-corrected chi connectivity index (χ2v) is 4.73. The fraction of sp³-hybridized carbons (Fsp3) is 0.714. The maximum Gasteiger partial charge on any atom is 0.333 e. The second kappa shape index (κ2) is 11.3. The fourth-order valence-electron chi connectivity index (χ4n) is 1.24. The van der Waals surface area contributed by atoms with Gasteiger partial charge in [0, 0.05) is 18.7 Å². The molecule has 0 rings (SSSR count). The molecule has 116 valence electrons. The van der Waals surface area contributed by atoms with Crippen molar-refractivity contribution in [1.82, 2.24) is 10.6 Å². The molecule has 0 aromatic carbocycles. The Hall–Kier alpha value is -1.56. The molecule has 2 amide bonds. The number of carbonyl (C=O) groups is 2. The minimum Gasteiger partial charge on any atom is -0.460 e. The van der Waals surface area contributed by atoms with Crippen LogP contribution in [0.3, 0.4) is 0 Å². The van der Waals surface area contributed by atoms with Crippen molar-refractivity contribution in [3.63, 3.8) is 0 Å². The first-order valence-electron chi connectivity index (χ1n) is 6.89. The average molecular weight is 286 g/mol. The van der Waals surface area contributed by atoms with Crippen molar-refractivity contribution in [2.75, 3.05) is 26.3 Å². The zero-order chi connectivity index (χ0) is 15.4. The molecular formula is C14H26N2O4. The van der Waals surface area contributed by atoms with Crippen molar-refractivity contribution < 1.29 is 19.1 Å². The van der Waals surface area contributed by atoms with E-state index in [-0.39, 0.29) is 25.3 Å². The van der Waals surface area contributed by atoms with Crippen LogP contribution in [0, 0.1) is 0 Å². The standard InChI is InChI=1S/C14H26N2O4/c1-11(2)13(17)20-10-8-16-14(18)15-7-5-6-9-19-12(3)4/h12H,1,5-10H2,2-4H3,(H2,15,16,18). The molecule has 0 saturated heterocycles. The van der Waals surface area contributed by atoms with Crippen molar-refractivity contribution in [3.8, 4) is 0 Å². The molecule has 0 aliphatic rings. The summed E-state index contributed by atoms with van der Waals surface area (Å²) in [7, 11) is 0. The maximum absolute atomic E-state index is 11.4. The molecule has 0 saturated carbocycles. The van der Waals surface area contributed by atoms with E-state index in [1.807, 2.05) is 13.8 Å². The summed E-state index contributed by atoms with van der Waals surface area (Å²) in [5.74, 6) is -0.447. The number of carbonyl (C=O) groups excluding carboxylic acids is 2. The van der Waals surface area contributed by atoms with Crippen LogP contribution in [0.5, 0.6) is 0 Å². The van der Waals surface area contributed by atoms with Crippen LogP contribution in [-0.4, -0.2) is 44.4 Å². The predicted molar refractivity (Wildman–Crippen MR) is 77.5 cm³/mol. The Morgan fingerprint density at radius 3 is 2.35 bits per heavy atom. The molecule has 0 heterocycles. The third kappa shape index (κ3) is 11.5. The van der Waals surface area contributed by atoms with Crippen molar-refractivity contribution in [1.29, 1.82) is 0 Å². The normalized spacial score (nSPS) is 10.2. The van der Waals surface area contributed by atoms with E-state index in [1.54, 1.807) is 6.92 Å². The molecule has 0 aromatic heterocycles. The lowest BCUT2D eigenvalue weighted by atomic mass is 10.3. The van der Waals surface area contributed by atoms with E-state index >= 15 is 0 Å². The molecule has 0 spiro atoms. The molecule has 0 radical (unpaired) electrons. The number of nitrogens with one attached hydrogen (secondary N) is 2. The summed E-state index contributed by atoms with van der Waals surface area (Å²) in [6.07, 6.45) is 2.02. The molecule has 0 fully saturated rings. The lowest BCUT2D eigenvalue weighted by Gasteiger charge is -2.09. The van der Waals surface area contributed by atoms with Gasteiger partial charge in [-0.3, -0.25) is 0 Å². The molecule has 0 aromatic rings. The highest BCUT2D eigenvalue weighted by Gasteiger charge is 2.03. The van der Waals surface area contributed by atoms with Gasteiger partial charge in [-0.1, -0.05) is 6.58 Å². The van der Waals surface area contributed by atoms with Gasteiger partial charge >= 0.3 is 12.0 Å². The fourth-order valence-corrected chi connectivity index (χ4v) is 1.24. The van der Waals surface area contributed by atoms with Gasteiger partial charge in [0.25, 0.3) is 0 Å². The summed E-state index contributed by atoms with van der Waals surface area (Å²) in [6.45, 7) is 10.7. The SMILES string of the molecule is C=C(C)C(=O)OCCNC(=O)NCCCCOC(C)C. The Morgan fingerprint density at radius 1 is 1.10 bits per heavy atom. The van der Waals surface area contributed by atoms with Gasteiger partial charge in [-0.05, 0) is 33.6 Å². The van der Waals surface area contributed by atoms with Crippen LogP contribution in [-0.2, 0) is 14.3 Å². The van der Waals surface area contributed by atoms with Gasteiger partial charge in [-0.2, -0.15) is 0 Å². The number of unbranched alkanes of at least 4 members (excludes halogenated alkanes) is 1. The van der Waals surface area contributed by atoms with Crippen LogP contribution >= 0.6 is 0 Å². The number of amides is 2. The van der Waals surface area contributed by atoms with Crippen LogP contribution in [0.2, 0.25) is 0 Å². The second-order valence-electron chi connectivity index (χ2n) is 4.73. The van der Waals surface area contributed by atoms with Crippen molar-refractivity contribution in [3.05, 3.63) is 12.2 Å². The smallest absolute Gasteiger partial charge is 0.333 e. The Morgan fingerprint density at radius 2 is 1.75 bits per heavy atom. The third-order valence-electron chi connectivity index (χ3n) is 2.28. The van der Waals surface area contributed by atoms with E-state index in [0.717, 1.165) is 12.8 Å². The van der Waals surface area contributed by atoms with Gasteiger partial charge in [-0.15, -0.1) is 0 Å². The first-order chi connectivity index (χ1) is 9.43. The molecule has 0 bridgehead atoms. The van der Waals surface area contributed by atoms with Crippen molar-refractivity contribution >= 4 is 12.0 Å². The first kappa shape index (κ1) is 18.4. The Bertz CT molecular complexity index is 316. The van der Waals surface area contributed by atoms with E-state index in [9.17, 15) is 9.59 Å². The van der Waals surface area contributed by atoms with Crippen LogP contribution in [0.4, 0.5) is 4.79 Å². The molecule has 0 aliphatic carbocycles. The molecule has 6 nitrogen and oxygen atoms in total. The lowest BCUT2D eigenvalue weighted by Crippen LogP contribution is -2.38. The van der Waals surface area contributed by atoms with E-state index in [0.29, 0.717) is 18.7 Å². The van der Waals surface area contributed by atoms with Crippen LogP contribution in [0.15, 0.2) is 12.2 Å². The topological polar surface area (TPSA) is 76.7 Å². The van der Waals surface area contributed by atoms with Gasteiger partial charge in [-0.25, -0.2) is 9.59 Å². The van der Waals surface area contributed by atoms with Crippen molar-refractivity contribution in [2.45, 2.75) is 39.7 Å². The van der Waals surface area contributed by atoms with Crippen LogP contribution in [0.1, 0.15) is 33.6 Å². The zero-order valence-electron chi connectivity index (χ0n) is 12.7. The number of hydrogen-bond acceptors (Lipinski definition) is 4. The van der Waals surface area contributed by atoms with E-state index in [2.05, 4.69) is 17.2 Å². The third-order valence-corrected chi connectivity index (χ3v) is 2.28. The minimum absolute atomic E-state index is 0.140. The average Bonchev–Trinajstić information content (AvgIpc) is 2.37. The first-order valence-corrected chi connectivity index (χ1v) is 6.89. The predicted octanol–water partition coefficient (Wildman–Crippen LogP) is 1.61. The summed E-state index contributed by atoms with van der Waals surface area (Å²) in [4.78, 5) is 22.4. The lowest BCUT2D eigenvalue weighted by molar-refractivity contribution is -0.138. The monoisotopic (exact) mass is 286 g/mol. The van der Waals surface area contributed by atoms with Gasteiger partial charge in [0.15, 0.2) is 0 Å². The van der Waals surface area contributed by atoms with E-state index in [1.165, 1.54) is 0 Å². The molecule has 0 atom stereocenters. The minimum atomic E-state index is -0.447. The largest absolute Gasteiger partial charge is 0.460 e. The highest BCUT2D eigenvalue weighted by molar-refractivity contribution is 5.86. The Balaban J connectivity index is 3.37. The molecule has 20 heavy (non-hydrogen) atoms. The number of hydrogen-bond donors (Lipinski definition) is 2. The van der Waals surface area contributed by atoms with Crippen molar-refractivity contribution in [2.24, 2.45) is 0 Å². The highest BCUT2D eigenvalue weighted by atomic mass is 16.5. The van der Waals surface area contributed by atoms with Gasteiger partial charge < -0.3 is 20.1 Å². The van der Waals surface area contributed by atoms with Crippen LogP contribution in [0.25, 0.3) is 0 Å². The van der Waals surface area contributed by atoms with Gasteiger partial charge in [0.1, 0.15) is 6.61 Å². The highest BCUT2D eigenvalue weighted by Crippen LogP contribution is 1.93. The molecule has 0 aliphatic heterocycles. The Kier molecular flexibility index (Phi) is 10.4. The molecular weight excluding hydrogens is 260 g/mol. The van der Waals surface area contributed by atoms with Crippen LogP contribution < -0.4 is 10.6 Å². The summed E-state index contributed by atoms with van der Waals surface area (Å²) in [5, 5.41) is 5.32. The quantitative estimate of drug-likeness (QED) is 0.363. The number of urea groups is 1. The summed E-state index contributed by atoms with van der Waals surface area (Å²) in [5.41, 5.74) is 0.345. The van der Waals surface area contributed by atoms with E-state index < -0.39 is 5.97 Å². The molecule has 0 unspecified atom stereocenters. The summed E-state index contributed by atoms with van der Waals surface area (Å²) < 4.78 is 10.2. The number of rotatable bonds is 10. The molecule has 2 N–H and O–H groups in total. The number of ether oxygens (including phenoxy) is 2.